The zero-order valence-corrected chi connectivity index (χ0v) is 14.3. The number of carbonyl (C=O) groups excluding carboxylic acids is 1. The van der Waals surface area contributed by atoms with E-state index in [9.17, 15) is 9.36 Å². The van der Waals surface area contributed by atoms with Gasteiger partial charge in [0.1, 0.15) is 0 Å². The van der Waals surface area contributed by atoms with E-state index in [1.54, 1.807) is 13.8 Å². The van der Waals surface area contributed by atoms with E-state index in [4.69, 9.17) is 4.52 Å². The van der Waals surface area contributed by atoms with Crippen LogP contribution in [0, 0.1) is 0 Å². The second kappa shape index (κ2) is 6.35. The van der Waals surface area contributed by atoms with E-state index in [1.807, 2.05) is 30.3 Å². The number of benzene rings is 1. The number of hydrogen-bond donors (Lipinski definition) is 2. The molecule has 10 heteroatoms. The molecule has 0 aliphatic carbocycles. The molecule has 1 aliphatic heterocycles. The van der Waals surface area contributed by atoms with Gasteiger partial charge in [0.15, 0.2) is 0 Å². The lowest BCUT2D eigenvalue weighted by molar-refractivity contribution is 0.224. The summed E-state index contributed by atoms with van der Waals surface area (Å²) in [4.78, 5) is 15.9. The molecule has 23 heavy (non-hydrogen) atoms. The molecule has 0 bridgehead atoms. The summed E-state index contributed by atoms with van der Waals surface area (Å²) in [5.41, 5.74) is 1.12. The second-order valence-corrected chi connectivity index (χ2v) is 7.92. The highest BCUT2D eigenvalue weighted by atomic mass is 32.2. The molecule has 2 amide bonds. The fraction of sp³-hybridized carbons (Fsp3) is 0.308. The van der Waals surface area contributed by atoms with Gasteiger partial charge in [-0.2, -0.15) is 4.98 Å². The Morgan fingerprint density at radius 2 is 2.09 bits per heavy atom. The third-order valence-corrected chi connectivity index (χ3v) is 5.73. The largest absolute Gasteiger partial charge is 0.421 e. The van der Waals surface area contributed by atoms with E-state index in [0.717, 1.165) is 10.0 Å². The van der Waals surface area contributed by atoms with E-state index >= 15 is 0 Å². The van der Waals surface area contributed by atoms with Crippen molar-refractivity contribution < 1.29 is 13.9 Å². The van der Waals surface area contributed by atoms with Crippen LogP contribution in [0.15, 0.2) is 35.5 Å². The maximum Gasteiger partial charge on any atom is 0.421 e. The molecular formula is C13H16N5O3PS. The molecule has 2 aromatic rings. The van der Waals surface area contributed by atoms with Gasteiger partial charge in [-0.05, 0) is 19.4 Å². The van der Waals surface area contributed by atoms with Crippen molar-refractivity contribution in [3.05, 3.63) is 35.9 Å². The van der Waals surface area contributed by atoms with Gasteiger partial charge >= 0.3 is 13.7 Å². The molecule has 1 unspecified atom stereocenters. The summed E-state index contributed by atoms with van der Waals surface area (Å²) in [6.45, 7) is 3.46. The molecule has 2 N–H and O–H groups in total. The summed E-state index contributed by atoms with van der Waals surface area (Å²) in [5.74, 6) is 0.786. The Bertz CT molecular complexity index is 764. The maximum atomic E-state index is 12.8. The minimum absolute atomic E-state index is 0.119. The lowest BCUT2D eigenvalue weighted by Crippen LogP contribution is -2.36. The number of carbonyl (C=O) groups is 1. The number of nitrogens with one attached hydrogen (secondary N) is 2. The molecule has 0 saturated heterocycles. The van der Waals surface area contributed by atoms with Crippen LogP contribution in [0.3, 0.4) is 0 Å². The molecule has 122 valence electrons. The number of fused-ring (bicyclic) bond motifs is 1. The summed E-state index contributed by atoms with van der Waals surface area (Å²) in [7, 11) is -3.62. The van der Waals surface area contributed by atoms with Gasteiger partial charge in [0.2, 0.25) is 11.1 Å². The Labute approximate surface area is 137 Å². The topological polar surface area (TPSA) is 98.1 Å². The quantitative estimate of drug-likeness (QED) is 0.633. The SMILES string of the molecule is CC(C)OP1(=O)NC(=O)Nc2nc(SCc3ccccc3)nn21. The first-order valence-electron chi connectivity index (χ1n) is 6.98. The van der Waals surface area contributed by atoms with E-state index in [0.29, 0.717) is 10.9 Å². The van der Waals surface area contributed by atoms with E-state index in [-0.39, 0.29) is 12.1 Å². The Hall–Kier alpha value is -1.83. The fourth-order valence-electron chi connectivity index (χ4n) is 1.99. The summed E-state index contributed by atoms with van der Waals surface area (Å²) >= 11 is 1.39. The van der Waals surface area contributed by atoms with Crippen molar-refractivity contribution in [2.45, 2.75) is 30.9 Å². The van der Waals surface area contributed by atoms with Crippen LogP contribution < -0.4 is 10.4 Å². The van der Waals surface area contributed by atoms with Crippen LogP contribution in [-0.4, -0.2) is 26.7 Å². The van der Waals surface area contributed by atoms with Gasteiger partial charge in [-0.1, -0.05) is 42.1 Å². The van der Waals surface area contributed by atoms with Gasteiger partial charge in [-0.3, -0.25) is 9.84 Å². The first-order valence-corrected chi connectivity index (χ1v) is 9.55. The molecule has 8 nitrogen and oxygen atoms in total. The fourth-order valence-corrected chi connectivity index (χ4v) is 4.50. The predicted molar refractivity (Wildman–Crippen MR) is 87.4 cm³/mol. The summed E-state index contributed by atoms with van der Waals surface area (Å²) in [6, 6.07) is 9.24. The van der Waals surface area contributed by atoms with Crippen LogP contribution in [0.4, 0.5) is 10.7 Å². The Kier molecular flexibility index (Phi) is 4.43. The van der Waals surface area contributed by atoms with E-state index in [1.165, 1.54) is 11.8 Å². The number of aromatic nitrogens is 3. The lowest BCUT2D eigenvalue weighted by atomic mass is 10.2. The summed E-state index contributed by atoms with van der Waals surface area (Å²) in [5, 5.41) is 9.41. The van der Waals surface area contributed by atoms with Gasteiger partial charge in [-0.25, -0.2) is 14.4 Å². The molecule has 0 saturated carbocycles. The Morgan fingerprint density at radius 3 is 2.78 bits per heavy atom. The standard InChI is InChI=1S/C13H16N5O3PS/c1-9(2)21-22(20)17-12(19)14-11-15-13(16-18(11)22)23-8-10-6-4-3-5-7-10/h3-7,9H,8H2,1-2H3,(H2,14,15,16,17,19,20). The van der Waals surface area contributed by atoms with Crippen LogP contribution in [0.5, 0.6) is 0 Å². The number of hydrogen-bond acceptors (Lipinski definition) is 6. The normalized spacial score (nSPS) is 20.0. The summed E-state index contributed by atoms with van der Waals surface area (Å²) in [6.07, 6.45) is -0.336. The minimum atomic E-state index is -3.62. The first kappa shape index (κ1) is 16.0. The number of amides is 2. The highest BCUT2D eigenvalue weighted by Crippen LogP contribution is 2.49. The van der Waals surface area contributed by atoms with Crippen LogP contribution in [-0.2, 0) is 14.8 Å². The van der Waals surface area contributed by atoms with E-state index in [2.05, 4.69) is 20.5 Å². The molecule has 0 spiro atoms. The van der Waals surface area contributed by atoms with E-state index < -0.39 is 13.7 Å². The smallest absolute Gasteiger partial charge is 0.293 e. The van der Waals surface area contributed by atoms with Gasteiger partial charge in [0, 0.05) is 5.75 Å². The molecular weight excluding hydrogens is 337 g/mol. The monoisotopic (exact) mass is 353 g/mol. The van der Waals surface area contributed by atoms with Crippen molar-refractivity contribution in [1.29, 1.82) is 0 Å². The molecule has 0 radical (unpaired) electrons. The molecule has 1 atom stereocenters. The first-order chi connectivity index (χ1) is 11.0. The highest BCUT2D eigenvalue weighted by Gasteiger charge is 2.39. The maximum absolute atomic E-state index is 12.8. The van der Waals surface area contributed by atoms with Crippen molar-refractivity contribution in [2.75, 3.05) is 5.32 Å². The van der Waals surface area contributed by atoms with Crippen LogP contribution >= 0.6 is 19.4 Å². The molecule has 1 aliphatic rings. The molecule has 3 rings (SSSR count). The Balaban J connectivity index is 1.82. The van der Waals surface area contributed by atoms with Gasteiger partial charge in [0.05, 0.1) is 6.10 Å². The average Bonchev–Trinajstić information content (AvgIpc) is 2.89. The van der Waals surface area contributed by atoms with Gasteiger partial charge in [0.25, 0.3) is 0 Å². The lowest BCUT2D eigenvalue weighted by Gasteiger charge is -2.25. The molecule has 0 fully saturated rings. The Morgan fingerprint density at radius 1 is 1.35 bits per heavy atom. The highest BCUT2D eigenvalue weighted by molar-refractivity contribution is 7.98. The van der Waals surface area contributed by atoms with Crippen molar-refractivity contribution >= 4 is 31.4 Å². The number of anilines is 1. The van der Waals surface area contributed by atoms with Crippen LogP contribution in [0.25, 0.3) is 0 Å². The average molecular weight is 353 g/mol. The van der Waals surface area contributed by atoms with Crippen molar-refractivity contribution in [3.8, 4) is 0 Å². The zero-order valence-electron chi connectivity index (χ0n) is 12.6. The molecule has 1 aromatic heterocycles. The van der Waals surface area contributed by atoms with Crippen molar-refractivity contribution in [1.82, 2.24) is 19.6 Å². The van der Waals surface area contributed by atoms with Crippen molar-refractivity contribution in [3.63, 3.8) is 0 Å². The van der Waals surface area contributed by atoms with Crippen LogP contribution in [0.2, 0.25) is 0 Å². The number of rotatable bonds is 5. The van der Waals surface area contributed by atoms with Crippen molar-refractivity contribution in [2.24, 2.45) is 0 Å². The van der Waals surface area contributed by atoms with Gasteiger partial charge < -0.3 is 0 Å². The number of urea groups is 1. The number of thioether (sulfide) groups is 1. The van der Waals surface area contributed by atoms with Gasteiger partial charge in [-0.15, -0.1) is 9.55 Å². The van der Waals surface area contributed by atoms with Crippen LogP contribution in [0.1, 0.15) is 19.4 Å². The second-order valence-electron chi connectivity index (χ2n) is 5.12. The molecule has 2 heterocycles. The molecule has 1 aromatic carbocycles. The minimum Gasteiger partial charge on any atom is -0.293 e. The predicted octanol–water partition coefficient (Wildman–Crippen LogP) is 3.09. The summed E-state index contributed by atoms with van der Waals surface area (Å²) < 4.78 is 19.3. The zero-order chi connectivity index (χ0) is 16.4. The third kappa shape index (κ3) is 3.57. The third-order valence-electron chi connectivity index (χ3n) is 2.85. The number of nitrogens with zero attached hydrogens (tertiary/aromatic N) is 3.